The molecule has 2 aliphatic rings. The Morgan fingerprint density at radius 3 is 2.21 bits per heavy atom. The molecule has 2 aromatic carbocycles. The lowest BCUT2D eigenvalue weighted by Gasteiger charge is -2.62. The van der Waals surface area contributed by atoms with Crippen molar-refractivity contribution < 1.29 is 23.8 Å². The van der Waals surface area contributed by atoms with E-state index in [2.05, 4.69) is 0 Å². The van der Waals surface area contributed by atoms with Crippen LogP contribution in [0.5, 0.6) is 0 Å². The van der Waals surface area contributed by atoms with E-state index in [0.29, 0.717) is 0 Å². The Balaban J connectivity index is 1.98. The number of amides is 1. The highest BCUT2D eigenvalue weighted by atomic mass is 32.2. The van der Waals surface area contributed by atoms with Crippen LogP contribution in [0.15, 0.2) is 60.7 Å². The van der Waals surface area contributed by atoms with Crippen LogP contribution in [0.2, 0.25) is 0 Å². The molecule has 1 amide bonds. The molecule has 2 aliphatic heterocycles. The predicted molar refractivity (Wildman–Crippen MR) is 110 cm³/mol. The van der Waals surface area contributed by atoms with Crippen molar-refractivity contribution in [3.63, 3.8) is 0 Å². The van der Waals surface area contributed by atoms with Gasteiger partial charge in [0.25, 0.3) is 5.91 Å². The Labute approximate surface area is 174 Å². The quantitative estimate of drug-likeness (QED) is 0.566. The second-order valence-corrected chi connectivity index (χ2v) is 8.45. The van der Waals surface area contributed by atoms with Crippen LogP contribution in [-0.4, -0.2) is 42.7 Å². The number of β-lactam (4-membered cyclic amide) rings is 1. The van der Waals surface area contributed by atoms with Crippen LogP contribution in [0.1, 0.15) is 19.4 Å². The van der Waals surface area contributed by atoms with Gasteiger partial charge in [-0.15, -0.1) is 11.8 Å². The summed E-state index contributed by atoms with van der Waals surface area (Å²) in [5, 5.41) is 0. The molecule has 0 saturated carbocycles. The normalized spacial score (nSPS) is 30.3. The van der Waals surface area contributed by atoms with Crippen molar-refractivity contribution in [2.45, 2.75) is 36.2 Å². The lowest BCUT2D eigenvalue weighted by atomic mass is 9.72. The van der Waals surface area contributed by atoms with Gasteiger partial charge < -0.3 is 14.2 Å². The van der Waals surface area contributed by atoms with Gasteiger partial charge in [-0.1, -0.05) is 48.5 Å². The molecule has 0 aromatic heterocycles. The summed E-state index contributed by atoms with van der Waals surface area (Å²) in [5.41, 5.74) is 0.00428. The minimum Gasteiger partial charge on any atom is -0.467 e. The number of nitrogens with zero attached hydrogens (tertiary/aromatic N) is 1. The summed E-state index contributed by atoms with van der Waals surface area (Å²) >= 11 is 1.44. The van der Waals surface area contributed by atoms with Crippen LogP contribution >= 0.6 is 11.8 Å². The lowest BCUT2D eigenvalue weighted by Crippen LogP contribution is -2.83. The zero-order valence-electron chi connectivity index (χ0n) is 16.7. The van der Waals surface area contributed by atoms with E-state index in [1.54, 1.807) is 18.7 Å². The first-order valence-corrected chi connectivity index (χ1v) is 10.5. The third-order valence-electron chi connectivity index (χ3n) is 5.41. The molecule has 29 heavy (non-hydrogen) atoms. The van der Waals surface area contributed by atoms with Crippen LogP contribution < -0.4 is 4.90 Å². The molecule has 2 heterocycles. The maximum absolute atomic E-state index is 13.8. The summed E-state index contributed by atoms with van der Waals surface area (Å²) in [6.45, 7) is 3.40. The fourth-order valence-electron chi connectivity index (χ4n) is 4.37. The van der Waals surface area contributed by atoms with Crippen molar-refractivity contribution in [3.05, 3.63) is 66.2 Å². The zero-order valence-corrected chi connectivity index (χ0v) is 17.6. The average molecular weight is 413 g/mol. The maximum atomic E-state index is 13.8. The van der Waals surface area contributed by atoms with Crippen molar-refractivity contribution >= 4 is 29.3 Å². The van der Waals surface area contributed by atoms with Crippen molar-refractivity contribution in [1.82, 2.24) is 0 Å². The van der Waals surface area contributed by atoms with Gasteiger partial charge in [0.1, 0.15) is 0 Å². The summed E-state index contributed by atoms with van der Waals surface area (Å²) in [4.78, 5) is 27.2. The van der Waals surface area contributed by atoms with E-state index in [9.17, 15) is 9.59 Å². The number of rotatable bonds is 4. The molecule has 3 atom stereocenters. The molecule has 1 spiro atoms. The molecular weight excluding hydrogens is 390 g/mol. The molecule has 0 bridgehead atoms. The number of methoxy groups -OCH3 is 1. The Kier molecular flexibility index (Phi) is 4.72. The first kappa shape index (κ1) is 19.9. The van der Waals surface area contributed by atoms with Crippen LogP contribution in [0.25, 0.3) is 0 Å². The molecule has 2 aromatic rings. The SMILES string of the molecule is COC(=O)[C@H]1OC(C)(C)O[C@@]12C(=O)N(c1ccccc1)[C@]2(SC)c1ccccc1. The summed E-state index contributed by atoms with van der Waals surface area (Å²) in [5.74, 6) is -2.10. The molecule has 7 heteroatoms. The van der Waals surface area contributed by atoms with Gasteiger partial charge in [0.05, 0.1) is 7.11 Å². The number of benzene rings is 2. The Morgan fingerprint density at radius 2 is 1.66 bits per heavy atom. The van der Waals surface area contributed by atoms with Crippen molar-refractivity contribution in [2.75, 3.05) is 18.3 Å². The lowest BCUT2D eigenvalue weighted by molar-refractivity contribution is -0.193. The molecule has 4 rings (SSSR count). The van der Waals surface area contributed by atoms with Gasteiger partial charge in [-0.2, -0.15) is 0 Å². The highest BCUT2D eigenvalue weighted by Crippen LogP contribution is 2.64. The van der Waals surface area contributed by atoms with E-state index in [4.69, 9.17) is 14.2 Å². The number of esters is 1. The Bertz CT molecular complexity index is 935. The zero-order chi connectivity index (χ0) is 20.9. The number of hydrogen-bond acceptors (Lipinski definition) is 6. The standard InChI is InChI=1S/C22H23NO5S/c1-20(2)27-17(18(24)26-3)21(28-20)19(25)23(16-13-9-6-10-14-16)22(21,29-4)15-11-7-5-8-12-15/h5-14,17H,1-4H3/t17-,21-,22+/m1/s1. The largest absolute Gasteiger partial charge is 0.467 e. The summed E-state index contributed by atoms with van der Waals surface area (Å²) < 4.78 is 17.2. The molecule has 2 fully saturated rings. The highest BCUT2D eigenvalue weighted by Gasteiger charge is 2.82. The van der Waals surface area contributed by atoms with Gasteiger partial charge in [0.15, 0.2) is 16.8 Å². The third kappa shape index (κ3) is 2.57. The molecule has 0 radical (unpaired) electrons. The molecular formula is C22H23NO5S. The van der Waals surface area contributed by atoms with Crippen molar-refractivity contribution in [2.24, 2.45) is 0 Å². The van der Waals surface area contributed by atoms with E-state index < -0.39 is 28.3 Å². The summed E-state index contributed by atoms with van der Waals surface area (Å²) in [7, 11) is 1.28. The van der Waals surface area contributed by atoms with Gasteiger partial charge in [-0.25, -0.2) is 4.79 Å². The number of para-hydroxylation sites is 1. The maximum Gasteiger partial charge on any atom is 0.338 e. The van der Waals surface area contributed by atoms with Crippen molar-refractivity contribution in [1.29, 1.82) is 0 Å². The number of ether oxygens (including phenoxy) is 3. The number of carbonyl (C=O) groups excluding carboxylic acids is 2. The predicted octanol–water partition coefficient (Wildman–Crippen LogP) is 3.31. The third-order valence-corrected chi connectivity index (χ3v) is 6.72. The molecule has 0 N–H and O–H groups in total. The van der Waals surface area contributed by atoms with Gasteiger partial charge in [-0.3, -0.25) is 9.69 Å². The second-order valence-electron chi connectivity index (χ2n) is 7.45. The van der Waals surface area contributed by atoms with E-state index in [-0.39, 0.29) is 5.91 Å². The minimum atomic E-state index is -1.56. The Morgan fingerprint density at radius 1 is 1.07 bits per heavy atom. The molecule has 0 unspecified atom stereocenters. The molecule has 0 aliphatic carbocycles. The summed E-state index contributed by atoms with van der Waals surface area (Å²) in [6.07, 6.45) is 0.711. The van der Waals surface area contributed by atoms with E-state index in [1.807, 2.05) is 66.9 Å². The molecule has 152 valence electrons. The minimum absolute atomic E-state index is 0.331. The van der Waals surface area contributed by atoms with Crippen LogP contribution in [0, 0.1) is 0 Å². The van der Waals surface area contributed by atoms with Crippen LogP contribution in [0.3, 0.4) is 0 Å². The van der Waals surface area contributed by atoms with Gasteiger partial charge in [0, 0.05) is 5.69 Å². The number of hydrogen-bond donors (Lipinski definition) is 0. The monoisotopic (exact) mass is 413 g/mol. The number of anilines is 1. The highest BCUT2D eigenvalue weighted by molar-refractivity contribution is 8.00. The van der Waals surface area contributed by atoms with Crippen molar-refractivity contribution in [3.8, 4) is 0 Å². The second kappa shape index (κ2) is 6.86. The fourth-order valence-corrected chi connectivity index (χ4v) is 5.65. The van der Waals surface area contributed by atoms with E-state index in [1.165, 1.54) is 18.9 Å². The van der Waals surface area contributed by atoms with Crippen LogP contribution in [0.4, 0.5) is 5.69 Å². The average Bonchev–Trinajstić information content (AvgIpc) is 3.06. The fraction of sp³-hybridized carbons (Fsp3) is 0.364. The first-order valence-electron chi connectivity index (χ1n) is 9.30. The van der Waals surface area contributed by atoms with Gasteiger partial charge in [-0.05, 0) is 37.8 Å². The molecule has 6 nitrogen and oxygen atoms in total. The van der Waals surface area contributed by atoms with Gasteiger partial charge >= 0.3 is 5.97 Å². The van der Waals surface area contributed by atoms with E-state index in [0.717, 1.165) is 11.3 Å². The summed E-state index contributed by atoms with van der Waals surface area (Å²) in [6, 6.07) is 19.0. The number of thioether (sulfide) groups is 1. The van der Waals surface area contributed by atoms with Crippen LogP contribution in [-0.2, 0) is 28.7 Å². The number of carbonyl (C=O) groups is 2. The van der Waals surface area contributed by atoms with E-state index >= 15 is 0 Å². The smallest absolute Gasteiger partial charge is 0.338 e. The topological polar surface area (TPSA) is 65.1 Å². The molecule has 2 saturated heterocycles. The Hall–Kier alpha value is -2.35. The first-order chi connectivity index (χ1) is 13.8. The van der Waals surface area contributed by atoms with Gasteiger partial charge in [0.2, 0.25) is 5.60 Å².